The number of pyridine rings is 4. The Balaban J connectivity index is 1.04. The number of hydrogen-bond acceptors (Lipinski definition) is 4. The fourth-order valence-corrected chi connectivity index (χ4v) is 8.19. The summed E-state index contributed by atoms with van der Waals surface area (Å²) in [7, 11) is 0. The Labute approximate surface area is 322 Å². The molecule has 6 heterocycles. The molecule has 6 aromatic heterocycles. The smallest absolute Gasteiger partial charge is 0.0963 e. The Morgan fingerprint density at radius 1 is 0.339 bits per heavy atom. The lowest BCUT2D eigenvalue weighted by Gasteiger charge is -2.12. The van der Waals surface area contributed by atoms with Gasteiger partial charge in [0, 0.05) is 46.1 Å². The van der Waals surface area contributed by atoms with Gasteiger partial charge >= 0.3 is 0 Å². The largest absolute Gasteiger partial charge is 0.309 e. The summed E-state index contributed by atoms with van der Waals surface area (Å²) in [6.07, 6.45) is 5.48. The van der Waals surface area contributed by atoms with Gasteiger partial charge in [-0.1, -0.05) is 78.9 Å². The van der Waals surface area contributed by atoms with Crippen molar-refractivity contribution in [1.82, 2.24) is 29.1 Å². The van der Waals surface area contributed by atoms with Crippen molar-refractivity contribution in [2.45, 2.75) is 0 Å². The molecule has 0 saturated carbocycles. The molecule has 56 heavy (non-hydrogen) atoms. The van der Waals surface area contributed by atoms with Crippen LogP contribution >= 0.6 is 0 Å². The molecule has 0 unspecified atom stereocenters. The molecule has 0 N–H and O–H groups in total. The number of fused-ring (bicyclic) bond motifs is 6. The van der Waals surface area contributed by atoms with Gasteiger partial charge in [-0.15, -0.1) is 0 Å². The van der Waals surface area contributed by atoms with Crippen LogP contribution in [-0.4, -0.2) is 29.1 Å². The van der Waals surface area contributed by atoms with E-state index in [0.717, 1.165) is 72.8 Å². The Bertz CT molecular complexity index is 3160. The molecule has 0 bridgehead atoms. The maximum atomic E-state index is 4.96. The third kappa shape index (κ3) is 5.19. The average molecular weight is 717 g/mol. The molecule has 11 rings (SSSR count). The van der Waals surface area contributed by atoms with Crippen LogP contribution in [0.5, 0.6) is 0 Å². The van der Waals surface area contributed by atoms with Gasteiger partial charge in [0.1, 0.15) is 0 Å². The van der Waals surface area contributed by atoms with Crippen molar-refractivity contribution in [3.63, 3.8) is 0 Å². The second-order valence-corrected chi connectivity index (χ2v) is 13.9. The first-order chi connectivity index (χ1) is 27.8. The zero-order valence-corrected chi connectivity index (χ0v) is 30.2. The summed E-state index contributed by atoms with van der Waals surface area (Å²) >= 11 is 0. The van der Waals surface area contributed by atoms with E-state index in [4.69, 9.17) is 9.97 Å². The number of para-hydroxylation sites is 2. The zero-order valence-electron chi connectivity index (χ0n) is 30.2. The van der Waals surface area contributed by atoms with Gasteiger partial charge in [0.15, 0.2) is 0 Å². The Kier molecular flexibility index (Phi) is 7.38. The third-order valence-electron chi connectivity index (χ3n) is 10.7. The fraction of sp³-hybridized carbons (Fsp3) is 0. The first kappa shape index (κ1) is 31.8. The Hall–Kier alpha value is -7.70. The van der Waals surface area contributed by atoms with Crippen LogP contribution in [-0.2, 0) is 0 Å². The molecule has 0 aliphatic carbocycles. The minimum absolute atomic E-state index is 0.803. The number of benzene rings is 5. The second kappa shape index (κ2) is 13.0. The normalized spacial score (nSPS) is 11.6. The van der Waals surface area contributed by atoms with Crippen molar-refractivity contribution in [3.05, 3.63) is 195 Å². The van der Waals surface area contributed by atoms with Crippen molar-refractivity contribution < 1.29 is 0 Å². The highest BCUT2D eigenvalue weighted by Gasteiger charge is 2.19. The minimum atomic E-state index is 0.803. The number of rotatable bonds is 6. The maximum Gasteiger partial charge on any atom is 0.0963 e. The van der Waals surface area contributed by atoms with Gasteiger partial charge in [-0.25, -0.2) is 4.98 Å². The summed E-state index contributed by atoms with van der Waals surface area (Å²) in [4.78, 5) is 19.1. The summed E-state index contributed by atoms with van der Waals surface area (Å²) in [6, 6.07) is 61.7. The predicted molar refractivity (Wildman–Crippen MR) is 228 cm³/mol. The predicted octanol–water partition coefficient (Wildman–Crippen LogP) is 12.1. The van der Waals surface area contributed by atoms with E-state index in [1.807, 2.05) is 48.7 Å². The van der Waals surface area contributed by atoms with Gasteiger partial charge in [-0.2, -0.15) is 0 Å². The van der Waals surface area contributed by atoms with Gasteiger partial charge < -0.3 is 9.13 Å². The molecule has 0 atom stereocenters. The lowest BCUT2D eigenvalue weighted by molar-refractivity contribution is 1.17. The summed E-state index contributed by atoms with van der Waals surface area (Å²) < 4.78 is 4.69. The monoisotopic (exact) mass is 716 g/mol. The molecule has 6 nitrogen and oxygen atoms in total. The molecule has 0 saturated heterocycles. The van der Waals surface area contributed by atoms with Gasteiger partial charge in [0.2, 0.25) is 0 Å². The Morgan fingerprint density at radius 3 is 1.70 bits per heavy atom. The molecular weight excluding hydrogens is 685 g/mol. The number of nitrogens with zero attached hydrogens (tertiary/aromatic N) is 6. The highest BCUT2D eigenvalue weighted by molar-refractivity contribution is 6.17. The van der Waals surface area contributed by atoms with Crippen LogP contribution in [0.4, 0.5) is 0 Å². The quantitative estimate of drug-likeness (QED) is 0.172. The molecule has 0 radical (unpaired) electrons. The zero-order chi connectivity index (χ0) is 37.0. The summed E-state index contributed by atoms with van der Waals surface area (Å²) in [6.45, 7) is 0. The van der Waals surface area contributed by atoms with E-state index < -0.39 is 0 Å². The van der Waals surface area contributed by atoms with Crippen LogP contribution in [0.15, 0.2) is 195 Å². The van der Waals surface area contributed by atoms with Crippen LogP contribution < -0.4 is 0 Å². The highest BCUT2D eigenvalue weighted by Crippen LogP contribution is 2.41. The van der Waals surface area contributed by atoms with Gasteiger partial charge in [0.25, 0.3) is 0 Å². The van der Waals surface area contributed by atoms with Crippen molar-refractivity contribution in [3.8, 4) is 56.4 Å². The van der Waals surface area contributed by atoms with E-state index in [2.05, 4.69) is 153 Å². The fourth-order valence-electron chi connectivity index (χ4n) is 8.19. The summed E-state index contributed by atoms with van der Waals surface area (Å²) in [5.41, 5.74) is 15.4. The van der Waals surface area contributed by atoms with Crippen LogP contribution in [0.1, 0.15) is 0 Å². The van der Waals surface area contributed by atoms with E-state index in [1.165, 1.54) is 27.4 Å². The van der Waals surface area contributed by atoms with E-state index >= 15 is 0 Å². The lowest BCUT2D eigenvalue weighted by Crippen LogP contribution is -1.95. The average Bonchev–Trinajstić information content (AvgIpc) is 3.80. The van der Waals surface area contributed by atoms with Gasteiger partial charge in [-0.3, -0.25) is 15.0 Å². The third-order valence-corrected chi connectivity index (χ3v) is 10.7. The maximum absolute atomic E-state index is 4.96. The van der Waals surface area contributed by atoms with Crippen LogP contribution in [0.2, 0.25) is 0 Å². The first-order valence-electron chi connectivity index (χ1n) is 18.7. The second-order valence-electron chi connectivity index (χ2n) is 13.9. The van der Waals surface area contributed by atoms with E-state index in [-0.39, 0.29) is 0 Å². The van der Waals surface area contributed by atoms with E-state index in [0.29, 0.717) is 0 Å². The highest BCUT2D eigenvalue weighted by atomic mass is 15.0. The first-order valence-corrected chi connectivity index (χ1v) is 18.7. The molecule has 11 aromatic rings. The summed E-state index contributed by atoms with van der Waals surface area (Å²) in [5.74, 6) is 0. The minimum Gasteiger partial charge on any atom is -0.309 e. The molecule has 0 aliphatic rings. The molecule has 0 fully saturated rings. The van der Waals surface area contributed by atoms with Gasteiger partial charge in [-0.05, 0) is 119 Å². The summed E-state index contributed by atoms with van der Waals surface area (Å²) in [5, 5.41) is 3.59. The van der Waals surface area contributed by atoms with Crippen LogP contribution in [0.25, 0.3) is 100 Å². The molecule has 262 valence electrons. The SMILES string of the molecule is c1ccc(-n2c3ccccc3c3c(-c4ccc5c(c4)c4ncccc4n5-c4ccc(-c5cc(-c6ccccn6)nc(-c6ccccn6)c5)cc4)cccc32)cc1. The topological polar surface area (TPSA) is 61.4 Å². The van der Waals surface area contributed by atoms with Gasteiger partial charge in [0.05, 0.1) is 50.4 Å². The van der Waals surface area contributed by atoms with Crippen LogP contribution in [0.3, 0.4) is 0 Å². The number of hydrogen-bond donors (Lipinski definition) is 0. The molecule has 5 aromatic carbocycles. The van der Waals surface area contributed by atoms with Crippen molar-refractivity contribution in [1.29, 1.82) is 0 Å². The Morgan fingerprint density at radius 2 is 0.946 bits per heavy atom. The molecule has 6 heteroatoms. The molecule has 0 spiro atoms. The van der Waals surface area contributed by atoms with Crippen molar-refractivity contribution in [2.75, 3.05) is 0 Å². The van der Waals surface area contributed by atoms with E-state index in [1.54, 1.807) is 12.4 Å². The standard InChI is InChI=1S/C50H32N6/c1-2-12-36(13-3-1)55-45-18-5-4-14-39(45)49-38(15-10-19-47(49)55)34-23-26-46-40(30-34)50-48(20-11-29-53-50)56(46)37-24-21-33(22-25-37)35-31-43(41-16-6-8-27-51-41)54-44(32-35)42-17-7-9-28-52-42/h1-32H. The van der Waals surface area contributed by atoms with Crippen molar-refractivity contribution >= 4 is 43.7 Å². The molecular formula is C50H32N6. The molecule has 0 aliphatic heterocycles. The van der Waals surface area contributed by atoms with Crippen LogP contribution in [0, 0.1) is 0 Å². The number of aromatic nitrogens is 6. The lowest BCUT2D eigenvalue weighted by atomic mass is 9.98. The molecule has 0 amide bonds. The van der Waals surface area contributed by atoms with Crippen molar-refractivity contribution in [2.24, 2.45) is 0 Å². The van der Waals surface area contributed by atoms with E-state index in [9.17, 15) is 0 Å².